The molecule has 4 rings (SSSR count). The number of aromatic nitrogens is 3. The molecule has 30 heavy (non-hydrogen) atoms. The number of ether oxygens (including phenoxy) is 1. The van der Waals surface area contributed by atoms with Crippen molar-refractivity contribution in [3.63, 3.8) is 0 Å². The topological polar surface area (TPSA) is 100 Å². The van der Waals surface area contributed by atoms with E-state index in [9.17, 15) is 14.3 Å². The molecule has 0 radical (unpaired) electrons. The summed E-state index contributed by atoms with van der Waals surface area (Å²) in [5.74, 6) is -0.502. The minimum absolute atomic E-state index is 0.0894. The Kier molecular flexibility index (Phi) is 5.24. The molecule has 0 bridgehead atoms. The van der Waals surface area contributed by atoms with E-state index in [0.717, 1.165) is 0 Å². The third-order valence-electron chi connectivity index (χ3n) is 4.51. The largest absolute Gasteiger partial charge is 0.494 e. The average Bonchev–Trinajstić information content (AvgIpc) is 3.10. The van der Waals surface area contributed by atoms with Gasteiger partial charge in [-0.05, 0) is 29.8 Å². The van der Waals surface area contributed by atoms with E-state index >= 15 is 0 Å². The molecule has 0 aliphatic heterocycles. The van der Waals surface area contributed by atoms with Gasteiger partial charge >= 0.3 is 5.97 Å². The van der Waals surface area contributed by atoms with Gasteiger partial charge in [-0.25, -0.2) is 14.4 Å². The smallest absolute Gasteiger partial charge is 0.310 e. The van der Waals surface area contributed by atoms with E-state index in [-0.39, 0.29) is 28.9 Å². The molecular formula is C21H16ClFN4O3. The molecule has 3 aromatic heterocycles. The zero-order chi connectivity index (χ0) is 21.3. The van der Waals surface area contributed by atoms with Gasteiger partial charge in [0.1, 0.15) is 11.6 Å². The van der Waals surface area contributed by atoms with Gasteiger partial charge in [0.05, 0.1) is 46.4 Å². The van der Waals surface area contributed by atoms with Crippen LogP contribution in [0.25, 0.3) is 22.2 Å². The number of pyridine rings is 2. The number of nitrogens with one attached hydrogen (secondary N) is 2. The number of anilines is 2. The van der Waals surface area contributed by atoms with Crippen LogP contribution in [0.2, 0.25) is 5.02 Å². The second-order valence-corrected chi connectivity index (χ2v) is 6.89. The van der Waals surface area contributed by atoms with Gasteiger partial charge in [0, 0.05) is 12.4 Å². The normalized spacial score (nSPS) is 10.9. The predicted molar refractivity (Wildman–Crippen MR) is 111 cm³/mol. The Morgan fingerprint density at radius 2 is 2.17 bits per heavy atom. The highest BCUT2D eigenvalue weighted by Gasteiger charge is 2.17. The number of carbonyl (C=O) groups excluding carboxylic acids is 1. The van der Waals surface area contributed by atoms with Crippen molar-refractivity contribution in [2.24, 2.45) is 0 Å². The van der Waals surface area contributed by atoms with Crippen molar-refractivity contribution in [1.29, 1.82) is 0 Å². The Balaban J connectivity index is 1.75. The highest BCUT2D eigenvalue weighted by Crippen LogP contribution is 2.37. The number of methoxy groups -OCH3 is 1. The van der Waals surface area contributed by atoms with E-state index in [1.54, 1.807) is 30.5 Å². The van der Waals surface area contributed by atoms with Crippen LogP contribution < -0.4 is 5.32 Å². The quantitative estimate of drug-likeness (QED) is 0.404. The zero-order valence-corrected chi connectivity index (χ0v) is 16.5. The maximum absolute atomic E-state index is 14.4. The standard InChI is InChI=1S/C21H16ClFN4O3/c1-30-18(28)7-11-5-6-17(24-9-11)27-15-8-14(19-12(22)3-2-4-13(19)23)26-16-10-25-21(29)20(15)16/h2-6,8-10,25,29H,7H2,1H3,(H,24,27). The monoisotopic (exact) mass is 426 g/mol. The molecule has 0 amide bonds. The number of aromatic amines is 1. The molecular weight excluding hydrogens is 411 g/mol. The maximum Gasteiger partial charge on any atom is 0.310 e. The van der Waals surface area contributed by atoms with Crippen LogP contribution in [0.3, 0.4) is 0 Å². The summed E-state index contributed by atoms with van der Waals surface area (Å²) in [6.07, 6.45) is 3.17. The van der Waals surface area contributed by atoms with Crippen LogP contribution in [0.5, 0.6) is 5.88 Å². The maximum atomic E-state index is 14.4. The predicted octanol–water partition coefficient (Wildman–Crippen LogP) is 4.58. The molecule has 3 N–H and O–H groups in total. The molecule has 0 saturated carbocycles. The lowest BCUT2D eigenvalue weighted by Crippen LogP contribution is -2.05. The van der Waals surface area contributed by atoms with Gasteiger partial charge in [0.25, 0.3) is 0 Å². The first kappa shape index (κ1) is 19.7. The summed E-state index contributed by atoms with van der Waals surface area (Å²) >= 11 is 6.20. The number of nitrogens with zero attached hydrogens (tertiary/aromatic N) is 2. The highest BCUT2D eigenvalue weighted by molar-refractivity contribution is 6.33. The van der Waals surface area contributed by atoms with Gasteiger partial charge in [-0.15, -0.1) is 0 Å². The van der Waals surface area contributed by atoms with Crippen LogP contribution in [0.15, 0.2) is 48.8 Å². The molecule has 0 fully saturated rings. The molecule has 1 aromatic carbocycles. The van der Waals surface area contributed by atoms with E-state index in [0.29, 0.717) is 33.7 Å². The van der Waals surface area contributed by atoms with Crippen molar-refractivity contribution in [2.45, 2.75) is 6.42 Å². The van der Waals surface area contributed by atoms with Crippen LogP contribution in [0.4, 0.5) is 15.9 Å². The fraction of sp³-hybridized carbons (Fsp3) is 0.0952. The van der Waals surface area contributed by atoms with Crippen LogP contribution in [0.1, 0.15) is 5.56 Å². The number of benzene rings is 1. The number of hydrogen-bond donors (Lipinski definition) is 3. The van der Waals surface area contributed by atoms with Gasteiger partial charge in [-0.2, -0.15) is 0 Å². The minimum Gasteiger partial charge on any atom is -0.494 e. The Morgan fingerprint density at radius 3 is 2.87 bits per heavy atom. The van der Waals surface area contributed by atoms with E-state index in [2.05, 4.69) is 25.0 Å². The number of aromatic hydroxyl groups is 1. The molecule has 3 heterocycles. The Hall–Kier alpha value is -3.65. The van der Waals surface area contributed by atoms with Gasteiger partial charge in [-0.3, -0.25) is 4.79 Å². The number of esters is 1. The Morgan fingerprint density at radius 1 is 1.33 bits per heavy atom. The van der Waals surface area contributed by atoms with E-state index in [4.69, 9.17) is 11.6 Å². The fourth-order valence-electron chi connectivity index (χ4n) is 3.08. The van der Waals surface area contributed by atoms with Crippen molar-refractivity contribution in [2.75, 3.05) is 12.4 Å². The van der Waals surface area contributed by atoms with Crippen LogP contribution >= 0.6 is 11.6 Å². The van der Waals surface area contributed by atoms with Crippen LogP contribution in [-0.2, 0) is 16.0 Å². The molecule has 0 spiro atoms. The number of hydrogen-bond acceptors (Lipinski definition) is 6. The number of H-pyrrole nitrogens is 1. The summed E-state index contributed by atoms with van der Waals surface area (Å²) in [5.41, 5.74) is 2.03. The molecule has 0 unspecified atom stereocenters. The average molecular weight is 427 g/mol. The van der Waals surface area contributed by atoms with Crippen molar-refractivity contribution in [3.8, 4) is 17.1 Å². The third-order valence-corrected chi connectivity index (χ3v) is 4.83. The Bertz CT molecular complexity index is 1220. The molecule has 0 saturated heterocycles. The van der Waals surface area contributed by atoms with E-state index < -0.39 is 5.82 Å². The van der Waals surface area contributed by atoms with Crippen molar-refractivity contribution < 1.29 is 19.0 Å². The van der Waals surface area contributed by atoms with Crippen LogP contribution in [-0.4, -0.2) is 33.1 Å². The number of fused-ring (bicyclic) bond motifs is 1. The summed E-state index contributed by atoms with van der Waals surface area (Å²) in [4.78, 5) is 22.8. The molecule has 0 atom stereocenters. The third kappa shape index (κ3) is 3.77. The second kappa shape index (κ2) is 8.00. The van der Waals surface area contributed by atoms with E-state index in [1.807, 2.05) is 0 Å². The lowest BCUT2D eigenvalue weighted by molar-refractivity contribution is -0.139. The molecule has 152 valence electrons. The van der Waals surface area contributed by atoms with E-state index in [1.165, 1.54) is 25.4 Å². The van der Waals surface area contributed by atoms with Crippen molar-refractivity contribution in [3.05, 3.63) is 65.2 Å². The summed E-state index contributed by atoms with van der Waals surface area (Å²) in [5, 5.41) is 14.0. The molecule has 0 aliphatic carbocycles. The fourth-order valence-corrected chi connectivity index (χ4v) is 3.34. The van der Waals surface area contributed by atoms with Crippen molar-refractivity contribution >= 4 is 40.0 Å². The number of carbonyl (C=O) groups is 1. The zero-order valence-electron chi connectivity index (χ0n) is 15.7. The lowest BCUT2D eigenvalue weighted by atomic mass is 10.1. The van der Waals surface area contributed by atoms with Crippen LogP contribution in [0, 0.1) is 5.82 Å². The molecule has 0 aliphatic rings. The van der Waals surface area contributed by atoms with Gasteiger partial charge in [0.15, 0.2) is 5.88 Å². The van der Waals surface area contributed by atoms with Gasteiger partial charge in [-0.1, -0.05) is 23.7 Å². The SMILES string of the molecule is COC(=O)Cc1ccc(Nc2cc(-c3c(F)cccc3Cl)nc3c[nH]c(O)c23)nc1. The first-order valence-corrected chi connectivity index (χ1v) is 9.28. The summed E-state index contributed by atoms with van der Waals surface area (Å²) in [7, 11) is 1.32. The number of rotatable bonds is 5. The Labute approximate surface area is 175 Å². The van der Waals surface area contributed by atoms with Crippen molar-refractivity contribution in [1.82, 2.24) is 15.0 Å². The summed E-state index contributed by atoms with van der Waals surface area (Å²) < 4.78 is 19.1. The number of halogens is 2. The highest BCUT2D eigenvalue weighted by atomic mass is 35.5. The minimum atomic E-state index is -0.509. The van der Waals surface area contributed by atoms with Gasteiger partial charge in [0.2, 0.25) is 0 Å². The summed E-state index contributed by atoms with van der Waals surface area (Å²) in [6, 6.07) is 9.40. The molecule has 4 aromatic rings. The lowest BCUT2D eigenvalue weighted by Gasteiger charge is -2.11. The first-order chi connectivity index (χ1) is 14.5. The molecule has 9 heteroatoms. The second-order valence-electron chi connectivity index (χ2n) is 6.48. The van der Waals surface area contributed by atoms with Gasteiger partial charge < -0.3 is 20.1 Å². The molecule has 7 nitrogen and oxygen atoms in total. The summed E-state index contributed by atoms with van der Waals surface area (Å²) in [6.45, 7) is 0. The first-order valence-electron chi connectivity index (χ1n) is 8.90.